The zero-order valence-corrected chi connectivity index (χ0v) is 17.4. The average molecular weight is 409 g/mol. The van der Waals surface area contributed by atoms with Crippen molar-refractivity contribution in [3.8, 4) is 0 Å². The molecule has 0 unspecified atom stereocenters. The van der Waals surface area contributed by atoms with Crippen LogP contribution in [0.5, 0.6) is 0 Å². The topological polar surface area (TPSA) is 6.48 Å². The average Bonchev–Trinajstić information content (AvgIpc) is 2.72. The highest BCUT2D eigenvalue weighted by Crippen LogP contribution is 2.35. The quantitative estimate of drug-likeness (QED) is 0.496. The van der Waals surface area contributed by atoms with E-state index in [0.29, 0.717) is 0 Å². The highest BCUT2D eigenvalue weighted by Gasteiger charge is 2.32. The molecule has 1 fully saturated rings. The maximum atomic E-state index is 13.4. The van der Waals surface area contributed by atoms with Crippen molar-refractivity contribution in [3.05, 3.63) is 106 Å². The SMILES string of the molecule is Cc1ccc(CN2CCCN(Cc3ccc(F)cc3)[C@H]2c2ccccc2Cl)cc1. The fourth-order valence-electron chi connectivity index (χ4n) is 4.11. The molecule has 29 heavy (non-hydrogen) atoms. The summed E-state index contributed by atoms with van der Waals surface area (Å²) in [7, 11) is 0. The van der Waals surface area contributed by atoms with Gasteiger partial charge in [0.25, 0.3) is 0 Å². The van der Waals surface area contributed by atoms with Gasteiger partial charge in [-0.25, -0.2) is 4.39 Å². The van der Waals surface area contributed by atoms with E-state index < -0.39 is 0 Å². The van der Waals surface area contributed by atoms with Crippen LogP contribution in [0.2, 0.25) is 5.02 Å². The molecule has 1 atom stereocenters. The molecule has 0 aromatic heterocycles. The molecule has 0 amide bonds. The van der Waals surface area contributed by atoms with Gasteiger partial charge >= 0.3 is 0 Å². The number of halogens is 2. The predicted octanol–water partition coefficient (Wildman–Crippen LogP) is 6.19. The molecule has 0 N–H and O–H groups in total. The molecule has 0 aliphatic carbocycles. The number of benzene rings is 3. The summed E-state index contributed by atoms with van der Waals surface area (Å²) in [4.78, 5) is 4.95. The Balaban J connectivity index is 1.64. The van der Waals surface area contributed by atoms with Crippen LogP contribution in [-0.4, -0.2) is 22.9 Å². The van der Waals surface area contributed by atoms with E-state index in [0.717, 1.165) is 48.7 Å². The van der Waals surface area contributed by atoms with E-state index in [1.54, 1.807) is 0 Å². The Kier molecular flexibility index (Phi) is 6.29. The summed E-state index contributed by atoms with van der Waals surface area (Å²) in [5.74, 6) is -0.198. The van der Waals surface area contributed by atoms with E-state index >= 15 is 0 Å². The van der Waals surface area contributed by atoms with E-state index in [1.165, 1.54) is 23.3 Å². The monoisotopic (exact) mass is 408 g/mol. The molecule has 2 nitrogen and oxygen atoms in total. The van der Waals surface area contributed by atoms with E-state index in [2.05, 4.69) is 53.1 Å². The van der Waals surface area contributed by atoms with Gasteiger partial charge in [-0.2, -0.15) is 0 Å². The molecule has 1 aliphatic rings. The third kappa shape index (κ3) is 4.87. The summed E-state index contributed by atoms with van der Waals surface area (Å²) in [5.41, 5.74) is 4.81. The Morgan fingerprint density at radius 3 is 1.97 bits per heavy atom. The van der Waals surface area contributed by atoms with E-state index in [1.807, 2.05) is 24.3 Å². The fourth-order valence-corrected chi connectivity index (χ4v) is 4.35. The zero-order valence-electron chi connectivity index (χ0n) is 16.7. The first-order valence-corrected chi connectivity index (χ1v) is 10.5. The maximum Gasteiger partial charge on any atom is 0.123 e. The molecule has 3 aromatic carbocycles. The van der Waals surface area contributed by atoms with Crippen LogP contribution in [0.1, 0.15) is 34.8 Å². The van der Waals surface area contributed by atoms with Gasteiger partial charge in [0.05, 0.1) is 6.17 Å². The first-order chi connectivity index (χ1) is 14.1. The minimum Gasteiger partial charge on any atom is -0.280 e. The summed E-state index contributed by atoms with van der Waals surface area (Å²) in [6.07, 6.45) is 1.18. The van der Waals surface area contributed by atoms with Crippen LogP contribution in [0.25, 0.3) is 0 Å². The smallest absolute Gasteiger partial charge is 0.123 e. The van der Waals surface area contributed by atoms with Gasteiger partial charge < -0.3 is 0 Å². The summed E-state index contributed by atoms with van der Waals surface area (Å²) in [6.45, 7) is 5.75. The van der Waals surface area contributed by atoms with Crippen molar-refractivity contribution >= 4 is 11.6 Å². The van der Waals surface area contributed by atoms with Crippen molar-refractivity contribution in [2.24, 2.45) is 0 Å². The minimum atomic E-state index is -0.198. The Hall–Kier alpha value is -2.20. The number of aryl methyl sites for hydroxylation is 1. The van der Waals surface area contributed by atoms with Gasteiger partial charge in [0.1, 0.15) is 5.82 Å². The molecule has 3 aromatic rings. The number of hydrogen-bond acceptors (Lipinski definition) is 2. The van der Waals surface area contributed by atoms with Gasteiger partial charge in [0, 0.05) is 36.8 Å². The second kappa shape index (κ2) is 9.08. The van der Waals surface area contributed by atoms with Crippen LogP contribution in [0, 0.1) is 12.7 Å². The fraction of sp³-hybridized carbons (Fsp3) is 0.280. The summed E-state index contributed by atoms with van der Waals surface area (Å²) >= 11 is 6.63. The highest BCUT2D eigenvalue weighted by atomic mass is 35.5. The Bertz CT molecular complexity index is 884. The molecule has 1 saturated heterocycles. The molecule has 0 bridgehead atoms. The van der Waals surface area contributed by atoms with Gasteiger partial charge in [-0.05, 0) is 42.7 Å². The van der Waals surface area contributed by atoms with Crippen molar-refractivity contribution in [3.63, 3.8) is 0 Å². The van der Waals surface area contributed by atoms with E-state index in [-0.39, 0.29) is 12.0 Å². The van der Waals surface area contributed by atoms with Crippen LogP contribution in [0.15, 0.2) is 72.8 Å². The second-order valence-electron chi connectivity index (χ2n) is 7.80. The predicted molar refractivity (Wildman–Crippen MR) is 117 cm³/mol. The van der Waals surface area contributed by atoms with Gasteiger partial charge in [-0.3, -0.25) is 9.80 Å². The Morgan fingerprint density at radius 2 is 1.38 bits per heavy atom. The first kappa shape index (κ1) is 20.1. The molecule has 0 spiro atoms. The standard InChI is InChI=1S/C25H26ClFN2/c1-19-7-9-20(10-8-19)17-28-15-4-16-29(18-21-11-13-22(27)14-12-21)25(28)23-5-2-3-6-24(23)26/h2-3,5-14,25H,4,15-18H2,1H3/t25-/m0/s1. The van der Waals surface area contributed by atoms with Crippen molar-refractivity contribution in [2.75, 3.05) is 13.1 Å². The molecule has 1 heterocycles. The molecular formula is C25H26ClFN2. The second-order valence-corrected chi connectivity index (χ2v) is 8.21. The largest absolute Gasteiger partial charge is 0.280 e. The molecule has 150 valence electrons. The first-order valence-electron chi connectivity index (χ1n) is 10.1. The van der Waals surface area contributed by atoms with E-state index in [4.69, 9.17) is 11.6 Å². The van der Waals surface area contributed by atoms with Crippen molar-refractivity contribution in [1.29, 1.82) is 0 Å². The molecule has 0 saturated carbocycles. The lowest BCUT2D eigenvalue weighted by Crippen LogP contribution is -2.47. The van der Waals surface area contributed by atoms with Gasteiger partial charge in [-0.1, -0.05) is 71.8 Å². The van der Waals surface area contributed by atoms with Gasteiger partial charge in [0.15, 0.2) is 0 Å². The highest BCUT2D eigenvalue weighted by molar-refractivity contribution is 6.31. The molecule has 4 heteroatoms. The van der Waals surface area contributed by atoms with E-state index in [9.17, 15) is 4.39 Å². The lowest BCUT2D eigenvalue weighted by atomic mass is 10.0. The normalized spacial score (nSPS) is 18.1. The van der Waals surface area contributed by atoms with Crippen LogP contribution in [0.3, 0.4) is 0 Å². The summed E-state index contributed by atoms with van der Waals surface area (Å²) in [6, 6.07) is 23.7. The molecule has 0 radical (unpaired) electrons. The summed E-state index contributed by atoms with van der Waals surface area (Å²) < 4.78 is 13.4. The molecule has 1 aliphatic heterocycles. The van der Waals surface area contributed by atoms with Crippen LogP contribution in [-0.2, 0) is 13.1 Å². The summed E-state index contributed by atoms with van der Waals surface area (Å²) in [5, 5.41) is 0.789. The van der Waals surface area contributed by atoms with Gasteiger partial charge in [-0.15, -0.1) is 0 Å². The molecular weight excluding hydrogens is 383 g/mol. The minimum absolute atomic E-state index is 0.0869. The molecule has 4 rings (SSSR count). The van der Waals surface area contributed by atoms with Crippen molar-refractivity contribution < 1.29 is 4.39 Å². The Morgan fingerprint density at radius 1 is 0.828 bits per heavy atom. The van der Waals surface area contributed by atoms with Crippen LogP contribution < -0.4 is 0 Å². The van der Waals surface area contributed by atoms with Crippen LogP contribution >= 0.6 is 11.6 Å². The van der Waals surface area contributed by atoms with Crippen LogP contribution in [0.4, 0.5) is 4.39 Å². The number of hydrogen-bond donors (Lipinski definition) is 0. The number of nitrogens with zero attached hydrogens (tertiary/aromatic N) is 2. The zero-order chi connectivity index (χ0) is 20.2. The van der Waals surface area contributed by atoms with Gasteiger partial charge in [0.2, 0.25) is 0 Å². The van der Waals surface area contributed by atoms with Crippen molar-refractivity contribution in [2.45, 2.75) is 32.6 Å². The maximum absolute atomic E-state index is 13.4. The van der Waals surface area contributed by atoms with Crippen molar-refractivity contribution in [1.82, 2.24) is 9.80 Å². The lowest BCUT2D eigenvalue weighted by Gasteiger charge is -2.44. The lowest BCUT2D eigenvalue weighted by molar-refractivity contribution is -0.00904. The third-order valence-corrected chi connectivity index (χ3v) is 5.92. The third-order valence-electron chi connectivity index (χ3n) is 5.57. The Labute approximate surface area is 177 Å². The number of rotatable bonds is 5.